The smallest absolute Gasteiger partial charge is 0.282 e. The highest BCUT2D eigenvalue weighted by atomic mass is 35.5. The lowest BCUT2D eigenvalue weighted by atomic mass is 10.0. The number of nitrogens with zero attached hydrogens (tertiary/aromatic N) is 2. The summed E-state index contributed by atoms with van der Waals surface area (Å²) in [5.41, 5.74) is 1.10. The highest BCUT2D eigenvalue weighted by Crippen LogP contribution is 2.35. The van der Waals surface area contributed by atoms with E-state index in [1.165, 1.54) is 6.20 Å². The van der Waals surface area contributed by atoms with Gasteiger partial charge >= 0.3 is 0 Å². The lowest BCUT2D eigenvalue weighted by Gasteiger charge is -2.11. The van der Waals surface area contributed by atoms with Crippen molar-refractivity contribution in [3.63, 3.8) is 0 Å². The van der Waals surface area contributed by atoms with E-state index in [2.05, 4.69) is 10.1 Å². The minimum absolute atomic E-state index is 0.0138. The maximum atomic E-state index is 13.1. The topological polar surface area (TPSA) is 127 Å². The number of aromatic nitrogens is 3. The molecule has 1 amide bonds. The lowest BCUT2D eigenvalue weighted by molar-refractivity contribution is 0.0974. The molecule has 31 heavy (non-hydrogen) atoms. The predicted octanol–water partition coefficient (Wildman–Crippen LogP) is 2.68. The summed E-state index contributed by atoms with van der Waals surface area (Å²) in [6, 6.07) is 9.84. The quantitative estimate of drug-likeness (QED) is 0.471. The number of benzene rings is 1. The summed E-state index contributed by atoms with van der Waals surface area (Å²) in [5, 5.41) is 4.88. The van der Waals surface area contributed by atoms with Gasteiger partial charge in [0.05, 0.1) is 12.8 Å². The van der Waals surface area contributed by atoms with Crippen molar-refractivity contribution >= 4 is 38.4 Å². The Morgan fingerprint density at radius 1 is 1.29 bits per heavy atom. The molecule has 0 radical (unpaired) electrons. The summed E-state index contributed by atoms with van der Waals surface area (Å²) in [4.78, 5) is 28.3. The molecule has 0 bridgehead atoms. The molecule has 0 spiro atoms. The van der Waals surface area contributed by atoms with Crippen molar-refractivity contribution in [2.24, 2.45) is 0 Å². The number of nitrogens with one attached hydrogen (secondary N) is 2. The molecule has 0 unspecified atom stereocenters. The summed E-state index contributed by atoms with van der Waals surface area (Å²) in [6.07, 6.45) is 2.34. The van der Waals surface area contributed by atoms with E-state index in [0.717, 1.165) is 6.26 Å². The van der Waals surface area contributed by atoms with E-state index in [9.17, 15) is 18.0 Å². The molecule has 160 valence electrons. The Bertz CT molecular complexity index is 1480. The van der Waals surface area contributed by atoms with E-state index < -0.39 is 21.5 Å². The zero-order chi connectivity index (χ0) is 22.3. The molecule has 4 rings (SSSR count). The first-order chi connectivity index (χ1) is 14.6. The van der Waals surface area contributed by atoms with Crippen molar-refractivity contribution < 1.29 is 17.7 Å². The average Bonchev–Trinajstić information content (AvgIpc) is 3.22. The largest absolute Gasteiger partial charge is 0.361 e. The lowest BCUT2D eigenvalue weighted by Crippen LogP contribution is -2.32. The van der Waals surface area contributed by atoms with Crippen LogP contribution in [0.3, 0.4) is 0 Å². The number of pyridine rings is 1. The number of rotatable bonds is 5. The molecule has 4 aromatic rings. The van der Waals surface area contributed by atoms with Crippen LogP contribution in [0.4, 0.5) is 0 Å². The summed E-state index contributed by atoms with van der Waals surface area (Å²) in [6.45, 7) is 1.84. The second-order valence-corrected chi connectivity index (χ2v) is 9.20. The van der Waals surface area contributed by atoms with Crippen molar-refractivity contribution in [3.05, 3.63) is 75.1 Å². The normalized spacial score (nSPS) is 11.7. The number of fused-ring (bicyclic) bond motifs is 1. The first-order valence-electron chi connectivity index (χ1n) is 9.08. The van der Waals surface area contributed by atoms with Gasteiger partial charge in [-0.25, -0.2) is 13.1 Å². The summed E-state index contributed by atoms with van der Waals surface area (Å²) < 4.78 is 32.3. The van der Waals surface area contributed by atoms with Crippen molar-refractivity contribution in [1.29, 1.82) is 0 Å². The molecule has 0 aliphatic rings. The maximum Gasteiger partial charge on any atom is 0.282 e. The fourth-order valence-electron chi connectivity index (χ4n) is 3.49. The number of carbonyl (C=O) groups excluding carboxylic acids is 1. The molecule has 0 atom stereocenters. The molecule has 3 heterocycles. The van der Waals surface area contributed by atoms with Crippen LogP contribution in [-0.4, -0.2) is 35.3 Å². The number of H-pyrrole nitrogens is 1. The van der Waals surface area contributed by atoms with Gasteiger partial charge in [-0.05, 0) is 37.3 Å². The standard InChI is InChI=1S/C20H17ClN4O5S/c1-11-8-13(23-30-11)10-25-16-6-5-12(21)9-15(16)17(14-4-3-7-22-19(14)26)18(25)20(27)24-31(2,28)29/h3-9H,10H2,1-2H3,(H,22,26)(H,24,27). The number of aryl methyl sites for hydroxylation is 1. The van der Waals surface area contributed by atoms with Gasteiger partial charge in [-0.15, -0.1) is 0 Å². The van der Waals surface area contributed by atoms with Crippen LogP contribution in [0.15, 0.2) is 51.9 Å². The molecule has 0 aliphatic carbocycles. The fraction of sp³-hybridized carbons (Fsp3) is 0.150. The Hall–Kier alpha value is -3.37. The number of sulfonamides is 1. The van der Waals surface area contributed by atoms with Crippen molar-refractivity contribution in [3.8, 4) is 11.1 Å². The highest BCUT2D eigenvalue weighted by molar-refractivity contribution is 7.89. The Morgan fingerprint density at radius 2 is 2.06 bits per heavy atom. The monoisotopic (exact) mass is 460 g/mol. The van der Waals surface area contributed by atoms with E-state index in [1.54, 1.807) is 47.9 Å². The van der Waals surface area contributed by atoms with Gasteiger partial charge in [-0.2, -0.15) is 0 Å². The van der Waals surface area contributed by atoms with E-state index >= 15 is 0 Å². The van der Waals surface area contributed by atoms with Crippen LogP contribution in [0.25, 0.3) is 22.0 Å². The molecule has 0 saturated carbocycles. The molecular weight excluding hydrogens is 444 g/mol. The number of aromatic amines is 1. The van der Waals surface area contributed by atoms with E-state index in [-0.39, 0.29) is 23.4 Å². The van der Waals surface area contributed by atoms with Gasteiger partial charge in [-0.3, -0.25) is 9.59 Å². The zero-order valence-corrected chi connectivity index (χ0v) is 18.0. The molecule has 0 saturated heterocycles. The van der Waals surface area contributed by atoms with Gasteiger partial charge in [0.1, 0.15) is 17.1 Å². The van der Waals surface area contributed by atoms with Gasteiger partial charge in [-0.1, -0.05) is 16.8 Å². The van der Waals surface area contributed by atoms with Crippen molar-refractivity contribution in [2.45, 2.75) is 13.5 Å². The fourth-order valence-corrected chi connectivity index (χ4v) is 4.10. The Kier molecular flexibility index (Phi) is 5.19. The Morgan fingerprint density at radius 3 is 2.71 bits per heavy atom. The first-order valence-corrected chi connectivity index (χ1v) is 11.3. The molecule has 0 fully saturated rings. The van der Waals surface area contributed by atoms with Gasteiger partial charge in [0.15, 0.2) is 0 Å². The third-order valence-corrected chi connectivity index (χ3v) is 5.39. The molecule has 2 N–H and O–H groups in total. The molecule has 11 heteroatoms. The Labute approximate surface area is 181 Å². The van der Waals surface area contributed by atoms with Crippen LogP contribution in [0.1, 0.15) is 21.9 Å². The minimum atomic E-state index is -3.87. The van der Waals surface area contributed by atoms with Gasteiger partial charge < -0.3 is 14.1 Å². The number of amides is 1. The average molecular weight is 461 g/mol. The van der Waals surface area contributed by atoms with Gasteiger partial charge in [0.25, 0.3) is 11.5 Å². The van der Waals surface area contributed by atoms with Crippen LogP contribution in [0, 0.1) is 6.92 Å². The maximum absolute atomic E-state index is 13.1. The van der Waals surface area contributed by atoms with Crippen LogP contribution < -0.4 is 10.3 Å². The third-order valence-electron chi connectivity index (χ3n) is 4.60. The molecule has 3 aromatic heterocycles. The van der Waals surface area contributed by atoms with E-state index in [0.29, 0.717) is 27.4 Å². The van der Waals surface area contributed by atoms with Crippen LogP contribution >= 0.6 is 11.6 Å². The molecule has 0 aliphatic heterocycles. The molecule has 1 aromatic carbocycles. The minimum Gasteiger partial charge on any atom is -0.361 e. The van der Waals surface area contributed by atoms with Crippen molar-refractivity contribution in [1.82, 2.24) is 19.4 Å². The Balaban J connectivity index is 2.09. The summed E-state index contributed by atoms with van der Waals surface area (Å²) in [7, 11) is -3.87. The highest BCUT2D eigenvalue weighted by Gasteiger charge is 2.27. The second-order valence-electron chi connectivity index (χ2n) is 7.02. The number of hydrogen-bond donors (Lipinski definition) is 2. The molecular formula is C20H17ClN4O5S. The zero-order valence-electron chi connectivity index (χ0n) is 16.5. The summed E-state index contributed by atoms with van der Waals surface area (Å²) in [5.74, 6) is -0.301. The van der Waals surface area contributed by atoms with Crippen LogP contribution in [0.2, 0.25) is 5.02 Å². The van der Waals surface area contributed by atoms with Crippen LogP contribution in [0.5, 0.6) is 0 Å². The van der Waals surface area contributed by atoms with Gasteiger partial charge in [0, 0.05) is 39.3 Å². The first kappa shape index (κ1) is 20.9. The SMILES string of the molecule is Cc1cc(Cn2c(C(=O)NS(C)(=O)=O)c(-c3ccc[nH]c3=O)c3cc(Cl)ccc32)no1. The summed E-state index contributed by atoms with van der Waals surface area (Å²) >= 11 is 6.21. The van der Waals surface area contributed by atoms with E-state index in [1.807, 2.05) is 4.72 Å². The number of carbonyl (C=O) groups is 1. The number of hydrogen-bond acceptors (Lipinski definition) is 6. The second kappa shape index (κ2) is 7.71. The predicted molar refractivity (Wildman–Crippen MR) is 116 cm³/mol. The van der Waals surface area contributed by atoms with Gasteiger partial charge in [0.2, 0.25) is 10.0 Å². The third kappa shape index (κ3) is 4.12. The molecule has 9 nitrogen and oxygen atoms in total. The number of halogens is 1. The van der Waals surface area contributed by atoms with E-state index in [4.69, 9.17) is 16.1 Å². The van der Waals surface area contributed by atoms with Crippen LogP contribution in [-0.2, 0) is 16.6 Å². The van der Waals surface area contributed by atoms with Crippen molar-refractivity contribution in [2.75, 3.05) is 6.26 Å².